The van der Waals surface area contributed by atoms with Gasteiger partial charge in [-0.25, -0.2) is 0 Å². The second-order valence-corrected chi connectivity index (χ2v) is 4.08. The highest BCUT2D eigenvalue weighted by molar-refractivity contribution is 5.79. The van der Waals surface area contributed by atoms with Gasteiger partial charge in [0.05, 0.1) is 0 Å². The third-order valence-corrected chi connectivity index (χ3v) is 3.00. The van der Waals surface area contributed by atoms with Crippen LogP contribution in [-0.4, -0.2) is 38.3 Å². The largest absolute Gasteiger partial charge is 0.381 e. The van der Waals surface area contributed by atoms with Gasteiger partial charge in [0, 0.05) is 31.7 Å². The number of hydrogen-bond acceptors (Lipinski definition) is 3. The summed E-state index contributed by atoms with van der Waals surface area (Å²) in [5, 5.41) is 6.33. The summed E-state index contributed by atoms with van der Waals surface area (Å²) in [6, 6.07) is 0.352. The molecule has 2 heterocycles. The van der Waals surface area contributed by atoms with Crippen LogP contribution in [0.2, 0.25) is 0 Å². The van der Waals surface area contributed by atoms with Gasteiger partial charge in [0.1, 0.15) is 0 Å². The molecule has 80 valence electrons. The van der Waals surface area contributed by atoms with Crippen molar-refractivity contribution < 1.29 is 9.53 Å². The third-order valence-electron chi connectivity index (χ3n) is 3.00. The van der Waals surface area contributed by atoms with E-state index in [1.54, 1.807) is 0 Å². The quantitative estimate of drug-likeness (QED) is 0.651. The summed E-state index contributed by atoms with van der Waals surface area (Å²) in [5.41, 5.74) is 0. The van der Waals surface area contributed by atoms with Crippen LogP contribution in [-0.2, 0) is 9.53 Å². The van der Waals surface area contributed by atoms with E-state index >= 15 is 0 Å². The van der Waals surface area contributed by atoms with Crippen molar-refractivity contribution in [1.82, 2.24) is 10.6 Å². The zero-order valence-electron chi connectivity index (χ0n) is 8.42. The minimum atomic E-state index is 0.185. The number of carbonyl (C=O) groups is 1. The van der Waals surface area contributed by atoms with Crippen LogP contribution >= 0.6 is 0 Å². The first kappa shape index (κ1) is 9.93. The van der Waals surface area contributed by atoms with Gasteiger partial charge in [0.25, 0.3) is 0 Å². The maximum Gasteiger partial charge on any atom is 0.223 e. The summed E-state index contributed by atoms with van der Waals surface area (Å²) >= 11 is 0. The number of ether oxygens (including phenoxy) is 1. The molecule has 0 saturated carbocycles. The molecule has 2 fully saturated rings. The van der Waals surface area contributed by atoms with E-state index in [1.165, 1.54) is 0 Å². The zero-order chi connectivity index (χ0) is 9.80. The summed E-state index contributed by atoms with van der Waals surface area (Å²) in [5.74, 6) is 0.409. The molecule has 1 atom stereocenters. The fraction of sp³-hybridized carbons (Fsp3) is 0.900. The Morgan fingerprint density at radius 1 is 1.29 bits per heavy atom. The van der Waals surface area contributed by atoms with Gasteiger partial charge in [-0.3, -0.25) is 4.79 Å². The summed E-state index contributed by atoms with van der Waals surface area (Å²) < 4.78 is 5.23. The molecular formula is C10H18N2O2. The summed E-state index contributed by atoms with van der Waals surface area (Å²) in [4.78, 5) is 11.8. The Kier molecular flexibility index (Phi) is 3.37. The number of rotatable bonds is 2. The third kappa shape index (κ3) is 2.45. The Bertz CT molecular complexity index is 196. The van der Waals surface area contributed by atoms with Crippen LogP contribution in [0.5, 0.6) is 0 Å². The number of carbonyl (C=O) groups excluding carboxylic acids is 1. The molecular weight excluding hydrogens is 180 g/mol. The standard InChI is InChI=1S/C10H18N2O2/c13-10(8-2-5-14-6-3-8)12-9-1-4-11-7-9/h8-9,11H,1-7H2,(H,12,13)/t9-/m0/s1. The van der Waals surface area contributed by atoms with Crippen molar-refractivity contribution in [3.8, 4) is 0 Å². The first-order valence-electron chi connectivity index (χ1n) is 5.45. The Labute approximate surface area is 84.4 Å². The van der Waals surface area contributed by atoms with Crippen molar-refractivity contribution in [2.24, 2.45) is 5.92 Å². The normalized spacial score (nSPS) is 29.0. The van der Waals surface area contributed by atoms with Gasteiger partial charge in [-0.1, -0.05) is 0 Å². The molecule has 1 amide bonds. The maximum atomic E-state index is 11.8. The molecule has 0 radical (unpaired) electrons. The van der Waals surface area contributed by atoms with Crippen molar-refractivity contribution in [3.63, 3.8) is 0 Å². The summed E-state index contributed by atoms with van der Waals surface area (Å²) in [6.07, 6.45) is 2.83. The van der Waals surface area contributed by atoms with Crippen LogP contribution in [0.25, 0.3) is 0 Å². The van der Waals surface area contributed by atoms with Crippen molar-refractivity contribution in [2.75, 3.05) is 26.3 Å². The highest BCUT2D eigenvalue weighted by atomic mass is 16.5. The van der Waals surface area contributed by atoms with Crippen LogP contribution < -0.4 is 10.6 Å². The highest BCUT2D eigenvalue weighted by Crippen LogP contribution is 2.15. The lowest BCUT2D eigenvalue weighted by molar-refractivity contribution is -0.128. The van der Waals surface area contributed by atoms with Gasteiger partial charge in [-0.2, -0.15) is 0 Å². The predicted molar refractivity (Wildman–Crippen MR) is 53.0 cm³/mol. The summed E-state index contributed by atoms with van der Waals surface area (Å²) in [6.45, 7) is 3.43. The molecule has 0 spiro atoms. The van der Waals surface area contributed by atoms with Gasteiger partial charge < -0.3 is 15.4 Å². The van der Waals surface area contributed by atoms with Crippen LogP contribution in [0.4, 0.5) is 0 Å². The smallest absolute Gasteiger partial charge is 0.223 e. The molecule has 0 bridgehead atoms. The van der Waals surface area contributed by atoms with Crippen molar-refractivity contribution in [2.45, 2.75) is 25.3 Å². The lowest BCUT2D eigenvalue weighted by atomic mass is 9.99. The molecule has 0 aliphatic carbocycles. The molecule has 4 heteroatoms. The molecule has 2 aliphatic rings. The lowest BCUT2D eigenvalue weighted by Crippen LogP contribution is -2.41. The van der Waals surface area contributed by atoms with E-state index in [0.29, 0.717) is 6.04 Å². The molecule has 0 aromatic rings. The first-order chi connectivity index (χ1) is 6.86. The topological polar surface area (TPSA) is 50.4 Å². The highest BCUT2D eigenvalue weighted by Gasteiger charge is 2.24. The molecule has 0 aromatic heterocycles. The Balaban J connectivity index is 1.75. The minimum absolute atomic E-state index is 0.185. The SMILES string of the molecule is O=C(N[C@H]1CCNC1)C1CCOCC1. The number of nitrogens with one attached hydrogen (secondary N) is 2. The van der Waals surface area contributed by atoms with E-state index < -0.39 is 0 Å². The Morgan fingerprint density at radius 2 is 2.07 bits per heavy atom. The number of amides is 1. The summed E-state index contributed by atoms with van der Waals surface area (Å²) in [7, 11) is 0. The van der Waals surface area contributed by atoms with Gasteiger partial charge in [0.2, 0.25) is 5.91 Å². The average Bonchev–Trinajstić information content (AvgIpc) is 2.72. The molecule has 0 aromatic carbocycles. The fourth-order valence-corrected chi connectivity index (χ4v) is 2.06. The van der Waals surface area contributed by atoms with Crippen LogP contribution in [0.1, 0.15) is 19.3 Å². The molecule has 2 saturated heterocycles. The first-order valence-corrected chi connectivity index (χ1v) is 5.45. The Morgan fingerprint density at radius 3 is 2.71 bits per heavy atom. The monoisotopic (exact) mass is 198 g/mol. The van der Waals surface area contributed by atoms with Crippen molar-refractivity contribution in [1.29, 1.82) is 0 Å². The fourth-order valence-electron chi connectivity index (χ4n) is 2.06. The van der Waals surface area contributed by atoms with E-state index in [0.717, 1.165) is 45.6 Å². The van der Waals surface area contributed by atoms with Gasteiger partial charge in [0.15, 0.2) is 0 Å². The van der Waals surface area contributed by atoms with Crippen LogP contribution in [0, 0.1) is 5.92 Å². The molecule has 0 unspecified atom stereocenters. The second-order valence-electron chi connectivity index (χ2n) is 4.08. The van der Waals surface area contributed by atoms with Crippen molar-refractivity contribution in [3.05, 3.63) is 0 Å². The van der Waals surface area contributed by atoms with Gasteiger partial charge >= 0.3 is 0 Å². The van der Waals surface area contributed by atoms with Gasteiger partial charge in [-0.15, -0.1) is 0 Å². The second kappa shape index (κ2) is 4.75. The average molecular weight is 198 g/mol. The molecule has 2 aliphatic heterocycles. The zero-order valence-corrected chi connectivity index (χ0v) is 8.42. The minimum Gasteiger partial charge on any atom is -0.381 e. The van der Waals surface area contributed by atoms with Crippen molar-refractivity contribution >= 4 is 5.91 Å². The number of hydrogen-bond donors (Lipinski definition) is 2. The van der Waals surface area contributed by atoms with E-state index in [2.05, 4.69) is 10.6 Å². The lowest BCUT2D eigenvalue weighted by Gasteiger charge is -2.22. The Hall–Kier alpha value is -0.610. The molecule has 14 heavy (non-hydrogen) atoms. The molecule has 2 N–H and O–H groups in total. The van der Waals surface area contributed by atoms with Crippen LogP contribution in [0.15, 0.2) is 0 Å². The predicted octanol–water partition coefficient (Wildman–Crippen LogP) is -0.109. The molecule has 2 rings (SSSR count). The van der Waals surface area contributed by atoms with Crippen LogP contribution in [0.3, 0.4) is 0 Å². The van der Waals surface area contributed by atoms with E-state index in [-0.39, 0.29) is 11.8 Å². The maximum absolute atomic E-state index is 11.8. The molecule has 4 nitrogen and oxygen atoms in total. The van der Waals surface area contributed by atoms with E-state index in [9.17, 15) is 4.79 Å². The van der Waals surface area contributed by atoms with Gasteiger partial charge in [-0.05, 0) is 25.8 Å². The van der Waals surface area contributed by atoms with E-state index in [1.807, 2.05) is 0 Å². The van der Waals surface area contributed by atoms with E-state index in [4.69, 9.17) is 4.74 Å².